The minimum Gasteiger partial charge on any atom is -0.308 e. The van der Waals surface area contributed by atoms with Crippen LogP contribution in [0.5, 0.6) is 0 Å². The summed E-state index contributed by atoms with van der Waals surface area (Å²) in [6.45, 7) is 0. The Morgan fingerprint density at radius 2 is 2.04 bits per heavy atom. The van der Waals surface area contributed by atoms with Crippen LogP contribution in [0.25, 0.3) is 0 Å². The van der Waals surface area contributed by atoms with Crippen molar-refractivity contribution in [2.24, 2.45) is 5.41 Å². The highest BCUT2D eigenvalue weighted by atomic mass is 19.1. The normalized spacial score (nSPS) is 18.9. The summed E-state index contributed by atoms with van der Waals surface area (Å²) in [7, 11) is 0. The van der Waals surface area contributed by atoms with Crippen molar-refractivity contribution >= 4 is 11.7 Å². The molecule has 4 rings (SSSR count). The van der Waals surface area contributed by atoms with Crippen LogP contribution in [0.2, 0.25) is 0 Å². The Bertz CT molecular complexity index is 898. The largest absolute Gasteiger partial charge is 0.308 e. The molecule has 1 amide bonds. The molecule has 142 valence electrons. The van der Waals surface area contributed by atoms with Gasteiger partial charge in [0.25, 0.3) is 5.56 Å². The Kier molecular flexibility index (Phi) is 4.81. The number of nitrogens with zero attached hydrogens (tertiary/aromatic N) is 2. The van der Waals surface area contributed by atoms with E-state index in [4.69, 9.17) is 0 Å². The quantitative estimate of drug-likeness (QED) is 0.871. The Balaban J connectivity index is 1.60. The van der Waals surface area contributed by atoms with E-state index in [2.05, 4.69) is 10.3 Å². The number of halogens is 1. The van der Waals surface area contributed by atoms with Crippen molar-refractivity contribution in [2.45, 2.75) is 57.4 Å². The van der Waals surface area contributed by atoms with Crippen LogP contribution in [0.15, 0.2) is 41.5 Å². The highest BCUT2D eigenvalue weighted by Crippen LogP contribution is 2.40. The number of hydrogen-bond donors (Lipinski definition) is 1. The van der Waals surface area contributed by atoms with E-state index >= 15 is 0 Å². The first-order valence-corrected chi connectivity index (χ1v) is 9.70. The Labute approximate surface area is 157 Å². The third-order valence-electron chi connectivity index (χ3n) is 5.76. The Morgan fingerprint density at radius 1 is 1.26 bits per heavy atom. The van der Waals surface area contributed by atoms with E-state index in [0.717, 1.165) is 50.5 Å². The average molecular weight is 369 g/mol. The van der Waals surface area contributed by atoms with Crippen molar-refractivity contribution in [3.05, 3.63) is 58.4 Å². The van der Waals surface area contributed by atoms with Crippen molar-refractivity contribution in [3.8, 4) is 0 Å². The first kappa shape index (κ1) is 17.9. The van der Waals surface area contributed by atoms with Gasteiger partial charge in [-0.15, -0.1) is 0 Å². The van der Waals surface area contributed by atoms with Crippen LogP contribution in [-0.2, 0) is 11.2 Å². The lowest BCUT2D eigenvalue weighted by molar-refractivity contribution is -0.127. The van der Waals surface area contributed by atoms with E-state index < -0.39 is 5.41 Å². The molecule has 1 aromatic carbocycles. The van der Waals surface area contributed by atoms with Crippen LogP contribution in [0.3, 0.4) is 0 Å². The fraction of sp³-hybridized carbons (Fsp3) is 0.476. The van der Waals surface area contributed by atoms with Crippen molar-refractivity contribution in [3.63, 3.8) is 0 Å². The first-order valence-electron chi connectivity index (χ1n) is 9.70. The number of rotatable bonds is 5. The van der Waals surface area contributed by atoms with Gasteiger partial charge in [-0.3, -0.25) is 9.59 Å². The summed E-state index contributed by atoms with van der Waals surface area (Å²) in [5.41, 5.74) is -0.0611. The molecule has 2 aliphatic carbocycles. The summed E-state index contributed by atoms with van der Waals surface area (Å²) in [6.07, 6.45) is 10.2. The van der Waals surface area contributed by atoms with Gasteiger partial charge in [0, 0.05) is 18.4 Å². The predicted molar refractivity (Wildman–Crippen MR) is 101 cm³/mol. The van der Waals surface area contributed by atoms with Gasteiger partial charge in [0.2, 0.25) is 5.91 Å². The number of carbonyl (C=O) groups excluding carboxylic acids is 1. The zero-order valence-electron chi connectivity index (χ0n) is 15.3. The maximum absolute atomic E-state index is 13.6. The van der Waals surface area contributed by atoms with Crippen LogP contribution in [0.1, 0.15) is 56.6 Å². The average Bonchev–Trinajstić information content (AvgIpc) is 3.49. The second kappa shape index (κ2) is 7.25. The van der Waals surface area contributed by atoms with Crippen LogP contribution >= 0.6 is 0 Å². The molecule has 2 aliphatic rings. The molecule has 2 aromatic rings. The maximum atomic E-state index is 13.6. The van der Waals surface area contributed by atoms with E-state index in [9.17, 15) is 14.0 Å². The minimum atomic E-state index is -0.625. The predicted octanol–water partition coefficient (Wildman–Crippen LogP) is 3.85. The Hall–Kier alpha value is -2.50. The summed E-state index contributed by atoms with van der Waals surface area (Å²) >= 11 is 0. The van der Waals surface area contributed by atoms with E-state index in [1.165, 1.54) is 12.1 Å². The van der Waals surface area contributed by atoms with Gasteiger partial charge in [-0.25, -0.2) is 9.37 Å². The number of amides is 1. The molecule has 1 N–H and O–H groups in total. The van der Waals surface area contributed by atoms with Gasteiger partial charge >= 0.3 is 0 Å². The van der Waals surface area contributed by atoms with Crippen molar-refractivity contribution < 1.29 is 9.18 Å². The van der Waals surface area contributed by atoms with Crippen LogP contribution < -0.4 is 10.9 Å². The molecule has 27 heavy (non-hydrogen) atoms. The number of aromatic nitrogens is 2. The van der Waals surface area contributed by atoms with Crippen molar-refractivity contribution in [2.75, 3.05) is 5.32 Å². The second-order valence-corrected chi connectivity index (χ2v) is 7.82. The van der Waals surface area contributed by atoms with E-state index in [1.54, 1.807) is 23.0 Å². The number of carbonyl (C=O) groups is 1. The smallest absolute Gasteiger partial charge is 0.293 e. The van der Waals surface area contributed by atoms with Gasteiger partial charge in [0.15, 0.2) is 5.82 Å². The number of anilines is 1. The lowest BCUT2D eigenvalue weighted by Gasteiger charge is -2.36. The molecule has 0 atom stereocenters. The summed E-state index contributed by atoms with van der Waals surface area (Å²) in [5, 5.41) is 2.80. The molecule has 0 bridgehead atoms. The molecular formula is C21H24FN3O2. The van der Waals surface area contributed by atoms with E-state index in [1.807, 2.05) is 6.07 Å². The van der Waals surface area contributed by atoms with Gasteiger partial charge in [-0.1, -0.05) is 31.4 Å². The molecule has 5 nitrogen and oxygen atoms in total. The topological polar surface area (TPSA) is 64.0 Å². The fourth-order valence-corrected chi connectivity index (χ4v) is 4.14. The molecule has 6 heteroatoms. The molecule has 1 aromatic heterocycles. The monoisotopic (exact) mass is 369 g/mol. The molecule has 0 aliphatic heterocycles. The SMILES string of the molecule is O=C(Nc1nccn(C2CC2)c1=O)C1(Cc2cccc(F)c2)CCCCC1. The molecule has 0 saturated heterocycles. The highest BCUT2D eigenvalue weighted by Gasteiger charge is 2.40. The number of nitrogens with one attached hydrogen (secondary N) is 1. The Morgan fingerprint density at radius 3 is 2.74 bits per heavy atom. The molecule has 0 radical (unpaired) electrons. The molecular weight excluding hydrogens is 345 g/mol. The highest BCUT2D eigenvalue weighted by molar-refractivity contribution is 5.94. The summed E-state index contributed by atoms with van der Waals surface area (Å²) < 4.78 is 15.3. The van der Waals surface area contributed by atoms with Gasteiger partial charge in [0.1, 0.15) is 5.82 Å². The molecule has 2 fully saturated rings. The molecule has 0 spiro atoms. The summed E-state index contributed by atoms with van der Waals surface area (Å²) in [6, 6.07) is 6.65. The van der Waals surface area contributed by atoms with Crippen LogP contribution in [-0.4, -0.2) is 15.5 Å². The lowest BCUT2D eigenvalue weighted by Crippen LogP contribution is -2.41. The van der Waals surface area contributed by atoms with Crippen molar-refractivity contribution in [1.29, 1.82) is 0 Å². The van der Waals surface area contributed by atoms with Crippen LogP contribution in [0, 0.1) is 11.2 Å². The minimum absolute atomic E-state index is 0.0959. The summed E-state index contributed by atoms with van der Waals surface area (Å²) in [4.78, 5) is 30.0. The first-order chi connectivity index (χ1) is 13.1. The lowest BCUT2D eigenvalue weighted by atomic mass is 9.69. The number of benzene rings is 1. The van der Waals surface area contributed by atoms with E-state index in [-0.39, 0.29) is 29.1 Å². The standard InChI is InChI=1S/C21H24FN3O2/c22-16-6-4-5-15(13-16)14-21(9-2-1-3-10-21)20(27)24-18-19(26)25(12-11-23-18)17-7-8-17/h4-6,11-13,17H,1-3,7-10,14H2,(H,23,24,27). The van der Waals surface area contributed by atoms with E-state index in [0.29, 0.717) is 6.42 Å². The zero-order valence-corrected chi connectivity index (χ0v) is 15.3. The fourth-order valence-electron chi connectivity index (χ4n) is 4.14. The van der Waals surface area contributed by atoms with Gasteiger partial charge in [-0.2, -0.15) is 0 Å². The third kappa shape index (κ3) is 3.80. The van der Waals surface area contributed by atoms with Gasteiger partial charge in [0.05, 0.1) is 5.41 Å². The zero-order chi connectivity index (χ0) is 18.9. The molecule has 1 heterocycles. The second-order valence-electron chi connectivity index (χ2n) is 7.82. The molecule has 0 unspecified atom stereocenters. The van der Waals surface area contributed by atoms with Crippen LogP contribution in [0.4, 0.5) is 10.2 Å². The molecule has 2 saturated carbocycles. The van der Waals surface area contributed by atoms with Crippen molar-refractivity contribution in [1.82, 2.24) is 9.55 Å². The summed E-state index contributed by atoms with van der Waals surface area (Å²) in [5.74, 6) is -0.376. The third-order valence-corrected chi connectivity index (χ3v) is 5.76. The van der Waals surface area contributed by atoms with Gasteiger partial charge < -0.3 is 9.88 Å². The number of hydrogen-bond acceptors (Lipinski definition) is 3. The van der Waals surface area contributed by atoms with Gasteiger partial charge in [-0.05, 0) is 49.8 Å². The maximum Gasteiger partial charge on any atom is 0.293 e.